The molecule has 1 heterocycles. The van der Waals surface area contributed by atoms with Crippen LogP contribution in [0.1, 0.15) is 24.2 Å². The topological polar surface area (TPSA) is 108 Å². The molecule has 0 aliphatic carbocycles. The quantitative estimate of drug-likeness (QED) is 0.511. The first kappa shape index (κ1) is 17.0. The largest absolute Gasteiger partial charge is 0.276 e. The molecule has 0 amide bonds. The molecule has 0 saturated heterocycles. The Labute approximate surface area is 144 Å². The lowest BCUT2D eigenvalue weighted by molar-refractivity contribution is -0.385. The van der Waals surface area contributed by atoms with Crippen LogP contribution >= 0.6 is 0 Å². The van der Waals surface area contributed by atoms with E-state index in [0.29, 0.717) is 5.52 Å². The normalized spacial score (nSPS) is 13.0. The van der Waals surface area contributed by atoms with Gasteiger partial charge in [0.15, 0.2) is 9.84 Å². The zero-order chi connectivity index (χ0) is 18.2. The molecule has 0 radical (unpaired) electrons. The minimum atomic E-state index is -3.82. The van der Waals surface area contributed by atoms with Crippen LogP contribution in [0.4, 0.5) is 5.69 Å². The Morgan fingerprint density at radius 3 is 2.44 bits per heavy atom. The van der Waals surface area contributed by atoms with Gasteiger partial charge in [-0.3, -0.25) is 10.1 Å². The number of aryl methyl sites for hydroxylation is 1. The van der Waals surface area contributed by atoms with E-state index < -0.39 is 20.0 Å². The van der Waals surface area contributed by atoms with Crippen molar-refractivity contribution in [2.45, 2.75) is 23.5 Å². The summed E-state index contributed by atoms with van der Waals surface area (Å²) < 4.78 is 26.2. The van der Waals surface area contributed by atoms with E-state index in [4.69, 9.17) is 0 Å². The number of fused-ring (bicyclic) bond motifs is 1. The van der Waals surface area contributed by atoms with Crippen LogP contribution in [0.15, 0.2) is 47.4 Å². The summed E-state index contributed by atoms with van der Waals surface area (Å²) in [6, 6.07) is 10.7. The molecule has 3 aromatic rings. The average molecular weight is 360 g/mol. The third-order valence-corrected chi connectivity index (χ3v) is 6.25. The molecule has 25 heavy (non-hydrogen) atoms. The monoisotopic (exact) mass is 360 g/mol. The van der Waals surface area contributed by atoms with Gasteiger partial charge in [0, 0.05) is 13.1 Å². The maximum Gasteiger partial charge on any atom is 0.276 e. The van der Waals surface area contributed by atoms with Crippen LogP contribution in [-0.2, 0) is 16.9 Å². The molecule has 3 rings (SSSR count). The van der Waals surface area contributed by atoms with Crippen molar-refractivity contribution < 1.29 is 13.3 Å². The van der Waals surface area contributed by atoms with E-state index in [0.717, 1.165) is 0 Å². The van der Waals surface area contributed by atoms with Gasteiger partial charge in [-0.1, -0.05) is 25.1 Å². The smallest absolute Gasteiger partial charge is 0.258 e. The van der Waals surface area contributed by atoms with Crippen LogP contribution in [-0.4, -0.2) is 28.3 Å². The molecule has 0 aliphatic rings. The summed E-state index contributed by atoms with van der Waals surface area (Å²) in [4.78, 5) is 12.3. The molecule has 0 fully saturated rings. The van der Waals surface area contributed by atoms with Crippen molar-refractivity contribution >= 4 is 26.6 Å². The summed E-state index contributed by atoms with van der Waals surface area (Å²) in [5.74, 6) is 0. The molecule has 1 unspecified atom stereocenters. The summed E-state index contributed by atoms with van der Waals surface area (Å²) in [7, 11) is -2.24. The minimum Gasteiger partial charge on any atom is -0.258 e. The van der Waals surface area contributed by atoms with E-state index in [2.05, 4.69) is 10.2 Å². The molecule has 2 aromatic carbocycles. The fraction of sp³-hybridized carbons (Fsp3) is 0.250. The molecule has 130 valence electrons. The van der Waals surface area contributed by atoms with Gasteiger partial charge in [0.25, 0.3) is 5.69 Å². The van der Waals surface area contributed by atoms with Crippen molar-refractivity contribution in [3.8, 4) is 0 Å². The van der Waals surface area contributed by atoms with Gasteiger partial charge in [0.05, 0.1) is 20.6 Å². The average Bonchev–Trinajstić information content (AvgIpc) is 2.96. The summed E-state index contributed by atoms with van der Waals surface area (Å²) in [5, 5.41) is 18.7. The first-order valence-corrected chi connectivity index (χ1v) is 9.18. The van der Waals surface area contributed by atoms with Crippen LogP contribution in [0.25, 0.3) is 11.0 Å². The van der Waals surface area contributed by atoms with E-state index in [-0.39, 0.29) is 28.1 Å². The van der Waals surface area contributed by atoms with Gasteiger partial charge in [-0.15, -0.1) is 0 Å². The molecular formula is C16H16N4O4S. The SMILES string of the molecule is CCC(c1c([N+](=O)[O-])ccc2nn(C)nc12)S(=O)(=O)c1ccccc1. The number of aromatic nitrogens is 3. The summed E-state index contributed by atoms with van der Waals surface area (Å²) >= 11 is 0. The van der Waals surface area contributed by atoms with E-state index in [1.165, 1.54) is 29.1 Å². The molecule has 0 spiro atoms. The number of sulfone groups is 1. The number of nitrogens with zero attached hydrogens (tertiary/aromatic N) is 4. The first-order chi connectivity index (χ1) is 11.9. The first-order valence-electron chi connectivity index (χ1n) is 7.63. The highest BCUT2D eigenvalue weighted by Gasteiger charge is 2.35. The van der Waals surface area contributed by atoms with E-state index >= 15 is 0 Å². The molecule has 1 aromatic heterocycles. The molecule has 0 N–H and O–H groups in total. The third-order valence-electron chi connectivity index (χ3n) is 4.01. The lowest BCUT2D eigenvalue weighted by atomic mass is 10.1. The van der Waals surface area contributed by atoms with Crippen LogP contribution < -0.4 is 0 Å². The lowest BCUT2D eigenvalue weighted by Crippen LogP contribution is -2.15. The van der Waals surface area contributed by atoms with Crippen molar-refractivity contribution in [3.63, 3.8) is 0 Å². The summed E-state index contributed by atoms with van der Waals surface area (Å²) in [6.45, 7) is 1.68. The Bertz CT molecular complexity index is 1040. The van der Waals surface area contributed by atoms with Crippen LogP contribution in [0.5, 0.6) is 0 Å². The zero-order valence-electron chi connectivity index (χ0n) is 13.7. The number of hydrogen-bond acceptors (Lipinski definition) is 6. The van der Waals surface area contributed by atoms with Crippen molar-refractivity contribution in [1.29, 1.82) is 0 Å². The highest BCUT2D eigenvalue weighted by molar-refractivity contribution is 7.91. The van der Waals surface area contributed by atoms with Crippen molar-refractivity contribution in [2.75, 3.05) is 0 Å². The van der Waals surface area contributed by atoms with Gasteiger partial charge in [-0.05, 0) is 24.6 Å². The van der Waals surface area contributed by atoms with Crippen LogP contribution in [0, 0.1) is 10.1 Å². The Morgan fingerprint density at radius 2 is 1.84 bits per heavy atom. The molecule has 0 saturated carbocycles. The Balaban J connectivity index is 2.32. The molecule has 1 atom stereocenters. The molecule has 9 heteroatoms. The Hall–Kier alpha value is -2.81. The van der Waals surface area contributed by atoms with Crippen LogP contribution in [0.2, 0.25) is 0 Å². The standard InChI is InChI=1S/C16H16N4O4S/c1-3-14(25(23,24)11-7-5-4-6-8-11)15-13(20(21)22)10-9-12-16(15)18-19(2)17-12/h4-10,14H,3H2,1-2H3. The number of nitro benzene ring substituents is 1. The van der Waals surface area contributed by atoms with Gasteiger partial charge in [-0.25, -0.2) is 8.42 Å². The summed E-state index contributed by atoms with van der Waals surface area (Å²) in [5.41, 5.74) is 0.481. The van der Waals surface area contributed by atoms with Gasteiger partial charge < -0.3 is 0 Å². The fourth-order valence-electron chi connectivity index (χ4n) is 2.92. The van der Waals surface area contributed by atoms with Gasteiger partial charge in [0.1, 0.15) is 11.0 Å². The third kappa shape index (κ3) is 2.86. The van der Waals surface area contributed by atoms with Gasteiger partial charge in [-0.2, -0.15) is 15.0 Å². The van der Waals surface area contributed by atoms with E-state index in [9.17, 15) is 18.5 Å². The number of nitro groups is 1. The fourth-order valence-corrected chi connectivity index (χ4v) is 4.77. The van der Waals surface area contributed by atoms with Crippen LogP contribution in [0.3, 0.4) is 0 Å². The van der Waals surface area contributed by atoms with E-state index in [1.54, 1.807) is 32.2 Å². The maximum absolute atomic E-state index is 13.1. The minimum absolute atomic E-state index is 0.0851. The maximum atomic E-state index is 13.1. The second kappa shape index (κ2) is 6.25. The predicted octanol–water partition coefficient (Wildman–Crippen LogP) is 2.80. The molecule has 8 nitrogen and oxygen atoms in total. The predicted molar refractivity (Wildman–Crippen MR) is 91.8 cm³/mol. The lowest BCUT2D eigenvalue weighted by Gasteiger charge is -2.16. The Morgan fingerprint density at radius 1 is 1.16 bits per heavy atom. The van der Waals surface area contributed by atoms with Crippen molar-refractivity contribution in [2.24, 2.45) is 7.05 Å². The second-order valence-corrected chi connectivity index (χ2v) is 7.70. The highest BCUT2D eigenvalue weighted by atomic mass is 32.2. The van der Waals surface area contributed by atoms with Gasteiger partial charge in [0.2, 0.25) is 0 Å². The van der Waals surface area contributed by atoms with Gasteiger partial charge >= 0.3 is 0 Å². The number of rotatable bonds is 5. The Kier molecular flexibility index (Phi) is 4.25. The molecule has 0 bridgehead atoms. The number of hydrogen-bond donors (Lipinski definition) is 0. The van der Waals surface area contributed by atoms with E-state index in [1.807, 2.05) is 0 Å². The second-order valence-electron chi connectivity index (χ2n) is 5.57. The summed E-state index contributed by atoms with van der Waals surface area (Å²) in [6.07, 6.45) is 0.174. The highest BCUT2D eigenvalue weighted by Crippen LogP contribution is 2.40. The molecular weight excluding hydrogens is 344 g/mol. The number of benzene rings is 2. The molecule has 0 aliphatic heterocycles. The van der Waals surface area contributed by atoms with Crippen molar-refractivity contribution in [1.82, 2.24) is 15.0 Å². The zero-order valence-corrected chi connectivity index (χ0v) is 14.5. The van der Waals surface area contributed by atoms with Crippen molar-refractivity contribution in [3.05, 3.63) is 58.1 Å².